The molecule has 51 heavy (non-hydrogen) atoms. The van der Waals surface area contributed by atoms with Crippen molar-refractivity contribution in [3.8, 4) is 62.1 Å². The molecule has 3 N–H and O–H groups in total. The van der Waals surface area contributed by atoms with Gasteiger partial charge in [0.15, 0.2) is 0 Å². The molecular formula is C46H35N3O2. The maximum absolute atomic E-state index is 7.00. The fourth-order valence-electron chi connectivity index (χ4n) is 7.13. The largest absolute Gasteiger partial charge is 0.456 e. The summed E-state index contributed by atoms with van der Waals surface area (Å²) >= 11 is 0. The highest BCUT2D eigenvalue weighted by Gasteiger charge is 2.22. The minimum absolute atomic E-state index is 0.461. The fourth-order valence-corrected chi connectivity index (χ4v) is 7.13. The normalized spacial score (nSPS) is 13.2. The molecule has 0 aliphatic carbocycles. The van der Waals surface area contributed by atoms with Crippen molar-refractivity contribution in [1.29, 1.82) is 0 Å². The molecule has 0 fully saturated rings. The number of nitrogens with one attached hydrogen (secondary N) is 1. The lowest BCUT2D eigenvalue weighted by Gasteiger charge is -2.23. The van der Waals surface area contributed by atoms with Crippen LogP contribution in [-0.2, 0) is 0 Å². The number of hydrogen-bond acceptors (Lipinski definition) is 4. The first-order chi connectivity index (χ1) is 25.2. The lowest BCUT2D eigenvalue weighted by molar-refractivity contribution is 0.472. The predicted octanol–water partition coefficient (Wildman–Crippen LogP) is 11.0. The quantitative estimate of drug-likeness (QED) is 0.193. The molecule has 5 heteroatoms. The zero-order valence-electron chi connectivity index (χ0n) is 27.9. The van der Waals surface area contributed by atoms with E-state index >= 15 is 0 Å². The molecule has 0 atom stereocenters. The van der Waals surface area contributed by atoms with Gasteiger partial charge in [-0.2, -0.15) is 0 Å². The third kappa shape index (κ3) is 5.60. The van der Waals surface area contributed by atoms with Crippen LogP contribution in [0.5, 0.6) is 23.0 Å². The second-order valence-electron chi connectivity index (χ2n) is 12.6. The minimum atomic E-state index is 0.461. The van der Waals surface area contributed by atoms with E-state index in [9.17, 15) is 0 Å². The number of dihydropyridines is 1. The van der Waals surface area contributed by atoms with Crippen molar-refractivity contribution in [3.05, 3.63) is 175 Å². The molecular weight excluding hydrogens is 627 g/mol. The van der Waals surface area contributed by atoms with Crippen LogP contribution in [0.2, 0.25) is 0 Å². The van der Waals surface area contributed by atoms with Gasteiger partial charge in [-0.25, -0.2) is 0 Å². The van der Waals surface area contributed by atoms with Gasteiger partial charge in [0.05, 0.1) is 5.52 Å². The average molecular weight is 662 g/mol. The Bertz CT molecular complexity index is 2520. The number of para-hydroxylation sites is 3. The van der Waals surface area contributed by atoms with Crippen LogP contribution in [-0.4, -0.2) is 17.7 Å². The fraction of sp³-hybridized carbons (Fsp3) is 0.0435. The smallest absolute Gasteiger partial charge is 0.136 e. The molecule has 7 aromatic rings. The van der Waals surface area contributed by atoms with E-state index in [4.69, 9.17) is 15.2 Å². The maximum atomic E-state index is 7.00. The summed E-state index contributed by atoms with van der Waals surface area (Å²) < 4.78 is 16.1. The van der Waals surface area contributed by atoms with Crippen LogP contribution in [0.15, 0.2) is 164 Å². The van der Waals surface area contributed by atoms with Gasteiger partial charge < -0.3 is 25.1 Å². The summed E-state index contributed by atoms with van der Waals surface area (Å²) in [5.74, 6) is 3.03. The summed E-state index contributed by atoms with van der Waals surface area (Å²) in [6.07, 6.45) is 12.6. The second kappa shape index (κ2) is 13.0. The summed E-state index contributed by atoms with van der Waals surface area (Å²) in [4.78, 5) is 0. The standard InChI is InChI=1S/C46H35N3O2/c47-26-11-12-33-30-49(34-13-2-1-3-14-34)41-19-10-17-35(46(33)41)31-22-24-38-39-25-23-32(40-18-8-9-27-48-40)29-45(39)51-43-21-7-5-16-37(43)36-15-4-6-20-42(36)50-44(38)28-31/h1-25,28-30,48H,26-27,47H2/b12-11-. The number of aromatic nitrogens is 1. The lowest BCUT2D eigenvalue weighted by atomic mass is 9.94. The van der Waals surface area contributed by atoms with E-state index in [-0.39, 0.29) is 0 Å². The van der Waals surface area contributed by atoms with Crippen molar-refractivity contribution in [1.82, 2.24) is 9.88 Å². The maximum Gasteiger partial charge on any atom is 0.136 e. The zero-order chi connectivity index (χ0) is 34.1. The number of nitrogens with two attached hydrogens (primary N) is 1. The first-order valence-corrected chi connectivity index (χ1v) is 17.3. The molecule has 2 aliphatic heterocycles. The number of rotatable bonds is 5. The highest BCUT2D eigenvalue weighted by atomic mass is 16.5. The Kier molecular flexibility index (Phi) is 7.80. The first kappa shape index (κ1) is 30.5. The Morgan fingerprint density at radius 3 is 1.94 bits per heavy atom. The minimum Gasteiger partial charge on any atom is -0.456 e. The Morgan fingerprint density at radius 2 is 1.25 bits per heavy atom. The van der Waals surface area contributed by atoms with Crippen molar-refractivity contribution in [3.63, 3.8) is 0 Å². The third-order valence-electron chi connectivity index (χ3n) is 9.52. The molecule has 6 aromatic carbocycles. The van der Waals surface area contributed by atoms with E-state index < -0.39 is 0 Å². The van der Waals surface area contributed by atoms with Gasteiger partial charge in [-0.3, -0.25) is 0 Å². The summed E-state index contributed by atoms with van der Waals surface area (Å²) in [6, 6.07) is 46.2. The molecule has 0 saturated heterocycles. The summed E-state index contributed by atoms with van der Waals surface area (Å²) in [7, 11) is 0. The van der Waals surface area contributed by atoms with E-state index in [0.29, 0.717) is 6.54 Å². The topological polar surface area (TPSA) is 61.4 Å². The molecule has 1 aromatic heterocycles. The molecule has 0 bridgehead atoms. The highest BCUT2D eigenvalue weighted by molar-refractivity contribution is 6.03. The molecule has 0 spiro atoms. The number of fused-ring (bicyclic) bond motifs is 7. The Hall–Kier alpha value is -6.56. The molecule has 0 amide bonds. The Labute approximate surface area is 297 Å². The van der Waals surface area contributed by atoms with E-state index in [1.165, 1.54) is 0 Å². The molecule has 0 saturated carbocycles. The third-order valence-corrected chi connectivity index (χ3v) is 9.52. The van der Waals surface area contributed by atoms with Crippen LogP contribution in [0.25, 0.3) is 61.7 Å². The molecule has 0 unspecified atom stereocenters. The molecule has 3 heterocycles. The van der Waals surface area contributed by atoms with E-state index in [2.05, 4.69) is 131 Å². The Morgan fingerprint density at radius 1 is 0.627 bits per heavy atom. The monoisotopic (exact) mass is 661 g/mol. The van der Waals surface area contributed by atoms with Crippen LogP contribution in [0.3, 0.4) is 0 Å². The summed E-state index contributed by atoms with van der Waals surface area (Å²) in [6.45, 7) is 1.25. The summed E-state index contributed by atoms with van der Waals surface area (Å²) in [5.41, 5.74) is 17.3. The number of hydrogen-bond donors (Lipinski definition) is 2. The molecule has 9 rings (SSSR count). The van der Waals surface area contributed by atoms with Crippen LogP contribution in [0.4, 0.5) is 0 Å². The lowest BCUT2D eigenvalue weighted by Crippen LogP contribution is -2.14. The van der Waals surface area contributed by atoms with Gasteiger partial charge in [-0.05, 0) is 71.8 Å². The van der Waals surface area contributed by atoms with E-state index in [1.807, 2.05) is 48.5 Å². The first-order valence-electron chi connectivity index (χ1n) is 17.3. The van der Waals surface area contributed by atoms with Crippen molar-refractivity contribution in [2.75, 3.05) is 13.1 Å². The van der Waals surface area contributed by atoms with Crippen LogP contribution in [0, 0.1) is 0 Å². The predicted molar refractivity (Wildman–Crippen MR) is 209 cm³/mol. The van der Waals surface area contributed by atoms with Crippen molar-refractivity contribution < 1.29 is 9.47 Å². The summed E-state index contributed by atoms with van der Waals surface area (Å²) in [5, 5.41) is 4.64. The van der Waals surface area contributed by atoms with Gasteiger partial charge in [-0.15, -0.1) is 0 Å². The average Bonchev–Trinajstić information content (AvgIpc) is 3.57. The Balaban J connectivity index is 1.27. The van der Waals surface area contributed by atoms with Crippen molar-refractivity contribution >= 4 is 22.7 Å². The van der Waals surface area contributed by atoms with Gasteiger partial charge in [0.25, 0.3) is 0 Å². The van der Waals surface area contributed by atoms with Gasteiger partial charge in [0.2, 0.25) is 0 Å². The highest BCUT2D eigenvalue weighted by Crippen LogP contribution is 2.48. The number of ether oxygens (including phenoxy) is 2. The van der Waals surface area contributed by atoms with E-state index in [0.717, 1.165) is 96.3 Å². The van der Waals surface area contributed by atoms with Crippen LogP contribution < -0.4 is 20.5 Å². The van der Waals surface area contributed by atoms with Gasteiger partial charge in [-0.1, -0.05) is 103 Å². The molecule has 5 nitrogen and oxygen atoms in total. The molecule has 2 aliphatic rings. The second-order valence-corrected chi connectivity index (χ2v) is 12.6. The van der Waals surface area contributed by atoms with Crippen molar-refractivity contribution in [2.24, 2.45) is 5.73 Å². The molecule has 0 radical (unpaired) electrons. The van der Waals surface area contributed by atoms with Gasteiger partial charge >= 0.3 is 0 Å². The van der Waals surface area contributed by atoms with Gasteiger partial charge in [0, 0.05) is 69.4 Å². The van der Waals surface area contributed by atoms with E-state index in [1.54, 1.807) is 0 Å². The number of benzene rings is 6. The zero-order valence-corrected chi connectivity index (χ0v) is 27.9. The van der Waals surface area contributed by atoms with Crippen molar-refractivity contribution in [2.45, 2.75) is 0 Å². The van der Waals surface area contributed by atoms with Gasteiger partial charge in [0.1, 0.15) is 23.0 Å². The molecule has 246 valence electrons. The van der Waals surface area contributed by atoms with Crippen LogP contribution >= 0.6 is 0 Å². The van der Waals surface area contributed by atoms with Crippen LogP contribution in [0.1, 0.15) is 11.1 Å². The number of nitrogens with zero attached hydrogens (tertiary/aromatic N) is 1. The number of allylic oxidation sites excluding steroid dienone is 2. The SMILES string of the molecule is NC/C=C\c1cn(-c2ccccc2)c2cccc(-c3ccc4c(c3)Oc3ccccc3-c3ccccc3Oc3cc(C5=CC=CCN5)ccc3-4)c12.